The van der Waals surface area contributed by atoms with Gasteiger partial charge in [0.25, 0.3) is 0 Å². The van der Waals surface area contributed by atoms with Crippen LogP contribution in [0.2, 0.25) is 0 Å². The third-order valence-corrected chi connectivity index (χ3v) is 1.14. The Balaban J connectivity index is 0. The highest BCUT2D eigenvalue weighted by molar-refractivity contribution is 5.87. The van der Waals surface area contributed by atoms with Crippen LogP contribution in [-0.2, 0) is 0 Å². The van der Waals surface area contributed by atoms with Crippen LogP contribution >= 0.6 is 0 Å². The Morgan fingerprint density at radius 1 is 1.36 bits per heavy atom. The number of hydrogen-bond acceptors (Lipinski definition) is 2. The van der Waals surface area contributed by atoms with Crippen molar-refractivity contribution in [3.05, 3.63) is 0 Å². The normalized spacial score (nSPS) is 14.4. The summed E-state index contributed by atoms with van der Waals surface area (Å²) in [5.74, 6) is 2.06. The van der Waals surface area contributed by atoms with E-state index in [1.807, 2.05) is 12.2 Å². The molecule has 0 atom stereocenters. The Morgan fingerprint density at radius 3 is 2.36 bits per heavy atom. The first-order chi connectivity index (χ1) is 4.33. The van der Waals surface area contributed by atoms with Crippen LogP contribution in [0.5, 0.6) is 0 Å². The summed E-state index contributed by atoms with van der Waals surface area (Å²) in [4.78, 5) is 0. The average Bonchev–Trinajstić information content (AvgIpc) is 2.17. The van der Waals surface area contributed by atoms with Gasteiger partial charge < -0.3 is 30.5 Å². The molecule has 1 aliphatic heterocycles. The van der Waals surface area contributed by atoms with Crippen molar-refractivity contribution in [2.45, 2.75) is 13.3 Å². The molecule has 0 saturated heterocycles. The first-order valence-corrected chi connectivity index (χ1v) is 3.08. The van der Waals surface area contributed by atoms with Crippen LogP contribution in [0.1, 0.15) is 13.3 Å². The van der Waals surface area contributed by atoms with Crippen LogP contribution in [0.3, 0.4) is 0 Å². The maximum atomic E-state index is 3.92. The molecule has 5 N–H and O–H groups in total. The Labute approximate surface area is 78.1 Å². The van der Waals surface area contributed by atoms with E-state index >= 15 is 0 Å². The van der Waals surface area contributed by atoms with E-state index in [0.717, 1.165) is 24.6 Å². The van der Waals surface area contributed by atoms with Gasteiger partial charge in [-0.3, -0.25) is 5.32 Å². The summed E-state index contributed by atoms with van der Waals surface area (Å²) in [6.07, 6.45) is 0.945. The number of quaternary nitrogens is 2. The van der Waals surface area contributed by atoms with E-state index in [-0.39, 0.29) is 24.8 Å². The van der Waals surface area contributed by atoms with Gasteiger partial charge in [0.2, 0.25) is 11.7 Å². The monoisotopic (exact) mass is 198 g/mol. The van der Waals surface area contributed by atoms with Crippen LogP contribution in [0.15, 0.2) is 10.2 Å². The zero-order valence-corrected chi connectivity index (χ0v) is 7.86. The van der Waals surface area contributed by atoms with Gasteiger partial charge in [-0.25, -0.2) is 0 Å². The van der Waals surface area contributed by atoms with Crippen molar-refractivity contribution < 1.29 is 35.9 Å². The summed E-state index contributed by atoms with van der Waals surface area (Å²) in [6, 6.07) is 0. The van der Waals surface area contributed by atoms with Crippen molar-refractivity contribution in [1.29, 1.82) is 0 Å². The SMILES string of the molecule is CC1=NN=C(CC[NH3+])[NH2+]1.[Cl-].[Cl-]. The van der Waals surface area contributed by atoms with E-state index < -0.39 is 0 Å². The van der Waals surface area contributed by atoms with Crippen molar-refractivity contribution in [2.24, 2.45) is 10.2 Å². The molecule has 11 heavy (non-hydrogen) atoms. The minimum atomic E-state index is 0. The van der Waals surface area contributed by atoms with Gasteiger partial charge in [0.1, 0.15) is 0 Å². The summed E-state index contributed by atoms with van der Waals surface area (Å²) in [6.45, 7) is 2.84. The minimum absolute atomic E-state index is 0. The molecule has 0 saturated carbocycles. The van der Waals surface area contributed by atoms with E-state index in [9.17, 15) is 0 Å². The second-order valence-electron chi connectivity index (χ2n) is 2.08. The zero-order valence-electron chi connectivity index (χ0n) is 6.35. The van der Waals surface area contributed by atoms with Gasteiger partial charge in [-0.2, -0.15) is 0 Å². The number of nitrogens with two attached hydrogens (primary N) is 1. The van der Waals surface area contributed by atoms with Gasteiger partial charge in [-0.1, -0.05) is 10.2 Å². The topological polar surface area (TPSA) is 69.0 Å². The number of nitrogens with zero attached hydrogens (tertiary/aromatic N) is 2. The Kier molecular flexibility index (Phi) is 7.99. The quantitative estimate of drug-likeness (QED) is 0.443. The van der Waals surface area contributed by atoms with E-state index in [1.165, 1.54) is 0 Å². The fourth-order valence-electron chi connectivity index (χ4n) is 0.745. The highest BCUT2D eigenvalue weighted by atomic mass is 35.5. The maximum absolute atomic E-state index is 3.92. The molecule has 0 radical (unpaired) electrons. The molecule has 6 heteroatoms. The molecule has 0 spiro atoms. The molecular weight excluding hydrogens is 187 g/mol. The van der Waals surface area contributed by atoms with Gasteiger partial charge in [0.05, 0.1) is 13.0 Å². The number of rotatable bonds is 2. The highest BCUT2D eigenvalue weighted by Gasteiger charge is 2.11. The van der Waals surface area contributed by atoms with E-state index in [0.29, 0.717) is 0 Å². The highest BCUT2D eigenvalue weighted by Crippen LogP contribution is 1.82. The second kappa shape index (κ2) is 6.54. The molecule has 0 aromatic rings. The van der Waals surface area contributed by atoms with Crippen molar-refractivity contribution in [1.82, 2.24) is 0 Å². The summed E-state index contributed by atoms with van der Waals surface area (Å²) in [5, 5.41) is 9.76. The number of halogens is 2. The molecule has 0 aliphatic carbocycles. The molecule has 1 rings (SSSR count). The Hall–Kier alpha value is -0.160. The van der Waals surface area contributed by atoms with Crippen LogP contribution < -0.4 is 35.9 Å². The maximum Gasteiger partial charge on any atom is 0.231 e. The van der Waals surface area contributed by atoms with Gasteiger partial charge in [0, 0.05) is 6.92 Å². The predicted octanol–water partition coefficient (Wildman–Crippen LogP) is -8.06. The van der Waals surface area contributed by atoms with E-state index in [2.05, 4.69) is 15.9 Å². The Bertz CT molecular complexity index is 166. The minimum Gasteiger partial charge on any atom is -1.00 e. The lowest BCUT2D eigenvalue weighted by molar-refractivity contribution is -0.415. The van der Waals surface area contributed by atoms with Crippen LogP contribution in [0.25, 0.3) is 0 Å². The fraction of sp³-hybridized carbons (Fsp3) is 0.600. The van der Waals surface area contributed by atoms with Gasteiger partial charge in [0.15, 0.2) is 0 Å². The third kappa shape index (κ3) is 4.31. The molecule has 0 bridgehead atoms. The fourth-order valence-corrected chi connectivity index (χ4v) is 0.745. The summed E-state index contributed by atoms with van der Waals surface area (Å²) >= 11 is 0. The molecule has 1 heterocycles. The van der Waals surface area contributed by atoms with Gasteiger partial charge in [-0.15, -0.1) is 0 Å². The predicted molar refractivity (Wildman–Crippen MR) is 34.8 cm³/mol. The summed E-state index contributed by atoms with van der Waals surface area (Å²) in [7, 11) is 0. The lowest BCUT2D eigenvalue weighted by Crippen LogP contribution is -3.00. The van der Waals surface area contributed by atoms with Crippen molar-refractivity contribution in [3.63, 3.8) is 0 Å². The van der Waals surface area contributed by atoms with Gasteiger partial charge in [-0.05, 0) is 0 Å². The van der Waals surface area contributed by atoms with Gasteiger partial charge >= 0.3 is 0 Å². The van der Waals surface area contributed by atoms with E-state index in [4.69, 9.17) is 0 Å². The van der Waals surface area contributed by atoms with Crippen molar-refractivity contribution >= 4 is 11.7 Å². The molecule has 0 amide bonds. The second-order valence-corrected chi connectivity index (χ2v) is 2.08. The van der Waals surface area contributed by atoms with Crippen LogP contribution in [0.4, 0.5) is 0 Å². The molecule has 0 fully saturated rings. The number of hydrogen-bond donors (Lipinski definition) is 2. The van der Waals surface area contributed by atoms with Crippen LogP contribution in [0, 0.1) is 0 Å². The lowest BCUT2D eigenvalue weighted by Gasteiger charge is -1.88. The standard InChI is InChI=1S/C5H10N4.2ClH/c1-4-7-5(2-3-6)9-8-4;;/h2-3,6H2,1H3,(H,7,8,9);2*1H. The first kappa shape index (κ1) is 13.4. The molecule has 0 aromatic carbocycles. The van der Waals surface area contributed by atoms with Crippen molar-refractivity contribution in [2.75, 3.05) is 6.54 Å². The molecule has 66 valence electrons. The molecular formula is C5H12Cl2N4. The molecule has 0 unspecified atom stereocenters. The average molecular weight is 199 g/mol. The number of amidine groups is 2. The molecule has 0 aromatic heterocycles. The third-order valence-electron chi connectivity index (χ3n) is 1.14. The zero-order chi connectivity index (χ0) is 6.69. The lowest BCUT2D eigenvalue weighted by atomic mass is 10.4. The van der Waals surface area contributed by atoms with Crippen LogP contribution in [-0.4, -0.2) is 18.2 Å². The summed E-state index contributed by atoms with van der Waals surface area (Å²) < 4.78 is 0. The largest absolute Gasteiger partial charge is 1.00 e. The van der Waals surface area contributed by atoms with E-state index in [1.54, 1.807) is 0 Å². The molecule has 4 nitrogen and oxygen atoms in total. The van der Waals surface area contributed by atoms with Crippen molar-refractivity contribution in [3.8, 4) is 0 Å². The molecule has 1 aliphatic rings. The Morgan fingerprint density at radius 2 is 2.00 bits per heavy atom. The first-order valence-electron chi connectivity index (χ1n) is 3.08. The smallest absolute Gasteiger partial charge is 0.231 e. The summed E-state index contributed by atoms with van der Waals surface area (Å²) in [5.41, 5.74) is 3.72.